The molecule has 1 amide bonds. The van der Waals surface area contributed by atoms with Crippen molar-refractivity contribution in [1.29, 1.82) is 0 Å². The van der Waals surface area contributed by atoms with Crippen LogP contribution in [0.5, 0.6) is 5.75 Å². The molecule has 126 valence electrons. The van der Waals surface area contributed by atoms with Crippen LogP contribution >= 0.6 is 0 Å². The van der Waals surface area contributed by atoms with Crippen molar-refractivity contribution in [3.8, 4) is 5.75 Å². The molecular weight excluding hydrogens is 336 g/mol. The molecule has 0 unspecified atom stereocenters. The van der Waals surface area contributed by atoms with E-state index in [1.54, 1.807) is 13.0 Å². The second-order valence-electron chi connectivity index (χ2n) is 5.11. The van der Waals surface area contributed by atoms with E-state index in [0.717, 1.165) is 6.07 Å². The highest BCUT2D eigenvalue weighted by atomic mass is 32.2. The SMILES string of the molecule is Cc1ccc(C(N)=O)c(OS(=O)(=O)c2ccc(C)c([N+](=O)[O-])c2)c1. The molecule has 2 N–H and O–H groups in total. The lowest BCUT2D eigenvalue weighted by molar-refractivity contribution is -0.385. The number of benzene rings is 2. The Morgan fingerprint density at radius 1 is 1.17 bits per heavy atom. The van der Waals surface area contributed by atoms with Crippen LogP contribution in [0.2, 0.25) is 0 Å². The van der Waals surface area contributed by atoms with Crippen molar-refractivity contribution in [2.75, 3.05) is 0 Å². The van der Waals surface area contributed by atoms with Gasteiger partial charge in [0.25, 0.3) is 11.6 Å². The van der Waals surface area contributed by atoms with Crippen molar-refractivity contribution in [2.24, 2.45) is 5.73 Å². The summed E-state index contributed by atoms with van der Waals surface area (Å²) in [4.78, 5) is 21.3. The van der Waals surface area contributed by atoms with Gasteiger partial charge in [0.15, 0.2) is 5.75 Å². The molecule has 2 rings (SSSR count). The molecule has 2 aromatic carbocycles. The van der Waals surface area contributed by atoms with Crippen molar-refractivity contribution in [2.45, 2.75) is 18.7 Å². The number of hydrogen-bond donors (Lipinski definition) is 1. The zero-order valence-corrected chi connectivity index (χ0v) is 13.7. The van der Waals surface area contributed by atoms with Crippen molar-refractivity contribution >= 4 is 21.7 Å². The Kier molecular flexibility index (Phi) is 4.56. The Labute approximate surface area is 138 Å². The Morgan fingerprint density at radius 3 is 2.42 bits per heavy atom. The van der Waals surface area contributed by atoms with E-state index in [0.29, 0.717) is 11.1 Å². The van der Waals surface area contributed by atoms with E-state index in [2.05, 4.69) is 0 Å². The fourth-order valence-electron chi connectivity index (χ4n) is 2.01. The quantitative estimate of drug-likeness (QED) is 0.499. The predicted molar refractivity (Wildman–Crippen MR) is 85.3 cm³/mol. The van der Waals surface area contributed by atoms with E-state index in [9.17, 15) is 23.3 Å². The number of carbonyl (C=O) groups excluding carboxylic acids is 1. The summed E-state index contributed by atoms with van der Waals surface area (Å²) in [5, 5.41) is 11.0. The van der Waals surface area contributed by atoms with Crippen molar-refractivity contribution in [3.05, 3.63) is 63.2 Å². The first-order valence-corrected chi connectivity index (χ1v) is 8.12. The van der Waals surface area contributed by atoms with E-state index < -0.39 is 25.8 Å². The number of hydrogen-bond acceptors (Lipinski definition) is 6. The summed E-state index contributed by atoms with van der Waals surface area (Å²) in [6.45, 7) is 3.17. The molecule has 0 bridgehead atoms. The Morgan fingerprint density at radius 2 is 1.83 bits per heavy atom. The molecule has 2 aromatic rings. The monoisotopic (exact) mass is 350 g/mol. The molecule has 0 radical (unpaired) electrons. The summed E-state index contributed by atoms with van der Waals surface area (Å²) in [7, 11) is -4.37. The highest BCUT2D eigenvalue weighted by Crippen LogP contribution is 2.27. The number of nitro benzene ring substituents is 1. The molecule has 0 fully saturated rings. The Bertz CT molecular complexity index is 937. The van der Waals surface area contributed by atoms with Crippen molar-refractivity contribution in [1.82, 2.24) is 0 Å². The van der Waals surface area contributed by atoms with Gasteiger partial charge in [-0.25, -0.2) is 0 Å². The molecule has 0 saturated carbocycles. The van der Waals surface area contributed by atoms with Gasteiger partial charge in [0.1, 0.15) is 4.90 Å². The van der Waals surface area contributed by atoms with Gasteiger partial charge in [0.05, 0.1) is 10.5 Å². The van der Waals surface area contributed by atoms with Crippen LogP contribution in [0.15, 0.2) is 41.3 Å². The standard InChI is InChI=1S/C15H14N2O6S/c1-9-3-6-12(15(16)18)14(7-9)23-24(21,22)11-5-4-10(2)13(8-11)17(19)20/h3-8H,1-2H3,(H2,16,18). The molecule has 0 aliphatic heterocycles. The van der Waals surface area contributed by atoms with Crippen LogP contribution in [0.25, 0.3) is 0 Å². The highest BCUT2D eigenvalue weighted by molar-refractivity contribution is 7.87. The molecular formula is C15H14N2O6S. The number of carbonyl (C=O) groups is 1. The average molecular weight is 350 g/mol. The largest absolute Gasteiger partial charge is 0.378 e. The lowest BCUT2D eigenvalue weighted by Crippen LogP contribution is -2.16. The second kappa shape index (κ2) is 6.28. The van der Waals surface area contributed by atoms with Gasteiger partial charge in [0.2, 0.25) is 0 Å². The molecule has 24 heavy (non-hydrogen) atoms. The van der Waals surface area contributed by atoms with E-state index in [-0.39, 0.29) is 17.0 Å². The molecule has 0 spiro atoms. The summed E-state index contributed by atoms with van der Waals surface area (Å²) < 4.78 is 29.7. The fourth-order valence-corrected chi connectivity index (χ4v) is 2.97. The first kappa shape index (κ1) is 17.4. The minimum atomic E-state index is -4.37. The molecule has 8 nitrogen and oxygen atoms in total. The predicted octanol–water partition coefficient (Wildman–Crippen LogP) is 2.08. The number of nitro groups is 1. The van der Waals surface area contributed by atoms with Gasteiger partial charge >= 0.3 is 10.1 Å². The van der Waals surface area contributed by atoms with Gasteiger partial charge < -0.3 is 9.92 Å². The summed E-state index contributed by atoms with van der Waals surface area (Å²) in [6, 6.07) is 7.68. The molecule has 0 aromatic heterocycles. The van der Waals surface area contributed by atoms with Crippen molar-refractivity contribution < 1.29 is 22.3 Å². The summed E-state index contributed by atoms with van der Waals surface area (Å²) in [5.41, 5.74) is 5.71. The summed E-state index contributed by atoms with van der Waals surface area (Å²) in [6.07, 6.45) is 0. The molecule has 0 atom stereocenters. The van der Waals surface area contributed by atoms with Gasteiger partial charge in [0, 0.05) is 11.6 Å². The van der Waals surface area contributed by atoms with Gasteiger partial charge in [-0.1, -0.05) is 12.1 Å². The van der Waals surface area contributed by atoms with Crippen LogP contribution in [0.4, 0.5) is 5.69 Å². The molecule has 0 aliphatic rings. The minimum Gasteiger partial charge on any atom is -0.378 e. The highest BCUT2D eigenvalue weighted by Gasteiger charge is 2.23. The van der Waals surface area contributed by atoms with E-state index >= 15 is 0 Å². The summed E-state index contributed by atoms with van der Waals surface area (Å²) >= 11 is 0. The lowest BCUT2D eigenvalue weighted by Gasteiger charge is -2.11. The zero-order valence-electron chi connectivity index (χ0n) is 12.8. The Balaban J connectivity index is 2.50. The lowest BCUT2D eigenvalue weighted by atomic mass is 10.1. The minimum absolute atomic E-state index is 0.106. The number of amides is 1. The normalized spacial score (nSPS) is 11.1. The number of aryl methyl sites for hydroxylation is 2. The third-order valence-corrected chi connectivity index (χ3v) is 4.50. The number of primary amides is 1. The van der Waals surface area contributed by atoms with E-state index in [1.807, 2.05) is 0 Å². The first-order chi connectivity index (χ1) is 11.1. The number of nitrogens with two attached hydrogens (primary N) is 1. The van der Waals surface area contributed by atoms with E-state index in [4.69, 9.17) is 9.92 Å². The van der Waals surface area contributed by atoms with Crippen LogP contribution in [-0.4, -0.2) is 19.2 Å². The van der Waals surface area contributed by atoms with Gasteiger partial charge in [-0.2, -0.15) is 8.42 Å². The molecule has 0 heterocycles. The first-order valence-electron chi connectivity index (χ1n) is 6.72. The van der Waals surface area contributed by atoms with Crippen LogP contribution in [0.1, 0.15) is 21.5 Å². The maximum absolute atomic E-state index is 12.4. The number of nitrogens with zero attached hydrogens (tertiary/aromatic N) is 1. The maximum Gasteiger partial charge on any atom is 0.339 e. The molecule has 0 saturated heterocycles. The number of rotatable bonds is 5. The topological polar surface area (TPSA) is 130 Å². The van der Waals surface area contributed by atoms with Crippen LogP contribution in [0.3, 0.4) is 0 Å². The maximum atomic E-state index is 12.4. The average Bonchev–Trinajstić information content (AvgIpc) is 2.46. The van der Waals surface area contributed by atoms with Gasteiger partial charge in [-0.15, -0.1) is 0 Å². The van der Waals surface area contributed by atoms with Crippen LogP contribution in [-0.2, 0) is 10.1 Å². The zero-order chi connectivity index (χ0) is 18.1. The van der Waals surface area contributed by atoms with E-state index in [1.165, 1.54) is 31.2 Å². The third-order valence-electron chi connectivity index (χ3n) is 3.27. The second-order valence-corrected chi connectivity index (χ2v) is 6.65. The fraction of sp³-hybridized carbons (Fsp3) is 0.133. The molecule has 9 heteroatoms. The smallest absolute Gasteiger partial charge is 0.339 e. The van der Waals surface area contributed by atoms with Gasteiger partial charge in [-0.3, -0.25) is 14.9 Å². The third kappa shape index (κ3) is 3.51. The van der Waals surface area contributed by atoms with Crippen molar-refractivity contribution in [3.63, 3.8) is 0 Å². The van der Waals surface area contributed by atoms with Crippen LogP contribution < -0.4 is 9.92 Å². The summed E-state index contributed by atoms with van der Waals surface area (Å²) in [5.74, 6) is -1.08. The van der Waals surface area contributed by atoms with Crippen LogP contribution in [0, 0.1) is 24.0 Å². The molecule has 0 aliphatic carbocycles. The Hall–Kier alpha value is -2.94. The van der Waals surface area contributed by atoms with Gasteiger partial charge in [-0.05, 0) is 37.6 Å².